The fourth-order valence-corrected chi connectivity index (χ4v) is 2.77. The molecule has 10 heavy (non-hydrogen) atoms. The van der Waals surface area contributed by atoms with E-state index in [-0.39, 0.29) is 0 Å². The summed E-state index contributed by atoms with van der Waals surface area (Å²) in [6.07, 6.45) is 5.02. The van der Waals surface area contributed by atoms with Crippen molar-refractivity contribution in [2.75, 3.05) is 0 Å². The number of rotatable bonds is 1. The van der Waals surface area contributed by atoms with Crippen LogP contribution in [0, 0.1) is 23.7 Å². The summed E-state index contributed by atoms with van der Waals surface area (Å²) in [5.74, 6) is 2.99. The number of carbonyl (C=O) groups is 1. The summed E-state index contributed by atoms with van der Waals surface area (Å²) in [6, 6.07) is 0. The quantitative estimate of drug-likeness (QED) is 0.505. The first-order valence-electron chi connectivity index (χ1n) is 4.26. The van der Waals surface area contributed by atoms with Gasteiger partial charge in [-0.05, 0) is 37.0 Å². The van der Waals surface area contributed by atoms with E-state index in [2.05, 4.69) is 6.92 Å². The molecule has 0 spiro atoms. The second-order valence-electron chi connectivity index (χ2n) is 4.00. The van der Waals surface area contributed by atoms with E-state index in [0.29, 0.717) is 5.92 Å². The highest BCUT2D eigenvalue weighted by Gasteiger charge is 2.43. The summed E-state index contributed by atoms with van der Waals surface area (Å²) in [6.45, 7) is 2.33. The van der Waals surface area contributed by atoms with Gasteiger partial charge in [0.1, 0.15) is 6.29 Å². The summed E-state index contributed by atoms with van der Waals surface area (Å²) in [7, 11) is 0. The Balaban J connectivity index is 2.08. The molecule has 2 bridgehead atoms. The van der Waals surface area contributed by atoms with Gasteiger partial charge in [-0.1, -0.05) is 6.92 Å². The number of fused-ring (bicyclic) bond motifs is 2. The Morgan fingerprint density at radius 1 is 1.20 bits per heavy atom. The lowest BCUT2D eigenvalue weighted by Crippen LogP contribution is -2.16. The Bertz CT molecular complexity index is 151. The molecule has 4 atom stereocenters. The van der Waals surface area contributed by atoms with Crippen molar-refractivity contribution in [3.05, 3.63) is 0 Å². The minimum absolute atomic E-state index is 0.432. The maximum atomic E-state index is 10.5. The van der Waals surface area contributed by atoms with Gasteiger partial charge >= 0.3 is 0 Å². The molecule has 2 saturated carbocycles. The monoisotopic (exact) mass is 138 g/mol. The van der Waals surface area contributed by atoms with Crippen molar-refractivity contribution < 1.29 is 4.79 Å². The van der Waals surface area contributed by atoms with Gasteiger partial charge in [-0.2, -0.15) is 0 Å². The van der Waals surface area contributed by atoms with Crippen LogP contribution in [0.15, 0.2) is 0 Å². The Hall–Kier alpha value is -0.330. The molecule has 0 N–H and O–H groups in total. The third-order valence-corrected chi connectivity index (χ3v) is 3.44. The first kappa shape index (κ1) is 6.38. The van der Waals surface area contributed by atoms with Crippen LogP contribution in [0.3, 0.4) is 0 Å². The molecule has 2 fully saturated rings. The van der Waals surface area contributed by atoms with Crippen LogP contribution in [0.1, 0.15) is 26.2 Å². The summed E-state index contributed by atoms with van der Waals surface area (Å²) in [5.41, 5.74) is 0. The van der Waals surface area contributed by atoms with E-state index in [1.54, 1.807) is 0 Å². The lowest BCUT2D eigenvalue weighted by molar-refractivity contribution is -0.112. The maximum absolute atomic E-state index is 10.5. The lowest BCUT2D eigenvalue weighted by Gasteiger charge is -2.20. The molecular formula is C9H14O. The predicted molar refractivity (Wildman–Crippen MR) is 39.5 cm³/mol. The van der Waals surface area contributed by atoms with Crippen molar-refractivity contribution >= 4 is 6.29 Å². The van der Waals surface area contributed by atoms with Crippen LogP contribution in [-0.4, -0.2) is 6.29 Å². The summed E-state index contributed by atoms with van der Waals surface area (Å²) in [5, 5.41) is 0. The summed E-state index contributed by atoms with van der Waals surface area (Å²) >= 11 is 0. The second kappa shape index (κ2) is 2.08. The van der Waals surface area contributed by atoms with E-state index in [4.69, 9.17) is 0 Å². The van der Waals surface area contributed by atoms with Crippen LogP contribution in [0.5, 0.6) is 0 Å². The largest absolute Gasteiger partial charge is 0.303 e. The van der Waals surface area contributed by atoms with E-state index in [1.165, 1.54) is 25.5 Å². The molecule has 0 amide bonds. The highest BCUT2D eigenvalue weighted by Crippen LogP contribution is 2.50. The molecule has 0 aliphatic heterocycles. The van der Waals surface area contributed by atoms with Gasteiger partial charge in [0.2, 0.25) is 0 Å². The molecule has 2 aliphatic carbocycles. The normalized spacial score (nSPS) is 51.7. The van der Waals surface area contributed by atoms with Crippen molar-refractivity contribution in [2.45, 2.75) is 26.2 Å². The molecule has 0 aromatic rings. The Morgan fingerprint density at radius 3 is 2.40 bits per heavy atom. The topological polar surface area (TPSA) is 17.1 Å². The van der Waals surface area contributed by atoms with Gasteiger partial charge in [0.25, 0.3) is 0 Å². The van der Waals surface area contributed by atoms with Crippen LogP contribution in [0.2, 0.25) is 0 Å². The molecule has 0 radical (unpaired) electrons. The second-order valence-corrected chi connectivity index (χ2v) is 4.00. The Morgan fingerprint density at radius 2 is 2.00 bits per heavy atom. The Kier molecular flexibility index (Phi) is 1.33. The van der Waals surface area contributed by atoms with Crippen molar-refractivity contribution in [3.8, 4) is 0 Å². The van der Waals surface area contributed by atoms with E-state index in [1.807, 2.05) is 0 Å². The molecule has 0 heterocycles. The first-order valence-corrected chi connectivity index (χ1v) is 4.26. The van der Waals surface area contributed by atoms with Crippen LogP contribution >= 0.6 is 0 Å². The van der Waals surface area contributed by atoms with Gasteiger partial charge in [0.05, 0.1) is 0 Å². The summed E-state index contributed by atoms with van der Waals surface area (Å²) < 4.78 is 0. The molecule has 0 aromatic carbocycles. The first-order chi connectivity index (χ1) is 4.81. The van der Waals surface area contributed by atoms with Crippen molar-refractivity contribution in [1.29, 1.82) is 0 Å². The van der Waals surface area contributed by atoms with Gasteiger partial charge < -0.3 is 4.79 Å². The highest BCUT2D eigenvalue weighted by atomic mass is 16.1. The molecular weight excluding hydrogens is 124 g/mol. The van der Waals surface area contributed by atoms with Crippen molar-refractivity contribution in [1.82, 2.24) is 0 Å². The van der Waals surface area contributed by atoms with Gasteiger partial charge in [0, 0.05) is 5.92 Å². The molecule has 56 valence electrons. The SMILES string of the molecule is CC1CC2CC1CC2C=O. The van der Waals surface area contributed by atoms with Crippen molar-refractivity contribution in [3.63, 3.8) is 0 Å². The smallest absolute Gasteiger partial charge is 0.123 e. The molecule has 1 nitrogen and oxygen atoms in total. The molecule has 2 aliphatic rings. The minimum Gasteiger partial charge on any atom is -0.303 e. The lowest BCUT2D eigenvalue weighted by atomic mass is 9.84. The predicted octanol–water partition coefficient (Wildman–Crippen LogP) is 1.87. The maximum Gasteiger partial charge on any atom is 0.123 e. The Labute approximate surface area is 61.8 Å². The average molecular weight is 138 g/mol. The molecule has 0 saturated heterocycles. The van der Waals surface area contributed by atoms with E-state index < -0.39 is 0 Å². The van der Waals surface area contributed by atoms with E-state index in [9.17, 15) is 4.79 Å². The zero-order valence-electron chi connectivity index (χ0n) is 6.42. The number of carbonyl (C=O) groups excluding carboxylic acids is 1. The van der Waals surface area contributed by atoms with Gasteiger partial charge in [-0.3, -0.25) is 0 Å². The zero-order valence-corrected chi connectivity index (χ0v) is 6.42. The van der Waals surface area contributed by atoms with Gasteiger partial charge in [-0.15, -0.1) is 0 Å². The molecule has 4 unspecified atom stereocenters. The third kappa shape index (κ3) is 0.727. The number of hydrogen-bond acceptors (Lipinski definition) is 1. The van der Waals surface area contributed by atoms with Crippen LogP contribution in [-0.2, 0) is 4.79 Å². The van der Waals surface area contributed by atoms with Crippen LogP contribution in [0.4, 0.5) is 0 Å². The van der Waals surface area contributed by atoms with Gasteiger partial charge in [0.15, 0.2) is 0 Å². The standard InChI is InChI=1S/C9H14O/c1-6-2-8-3-7(6)4-9(8)5-10/h5-9H,2-4H2,1H3. The van der Waals surface area contributed by atoms with Crippen molar-refractivity contribution in [2.24, 2.45) is 23.7 Å². The number of aldehydes is 1. The van der Waals surface area contributed by atoms with E-state index in [0.717, 1.165) is 17.8 Å². The molecule has 1 heteroatoms. The fraction of sp³-hybridized carbons (Fsp3) is 0.889. The molecule has 2 rings (SSSR count). The van der Waals surface area contributed by atoms with Gasteiger partial charge in [-0.25, -0.2) is 0 Å². The van der Waals surface area contributed by atoms with Crippen LogP contribution < -0.4 is 0 Å². The van der Waals surface area contributed by atoms with E-state index >= 15 is 0 Å². The summed E-state index contributed by atoms with van der Waals surface area (Å²) in [4.78, 5) is 10.5. The fourth-order valence-electron chi connectivity index (χ4n) is 2.77. The van der Waals surface area contributed by atoms with Crippen LogP contribution in [0.25, 0.3) is 0 Å². The minimum atomic E-state index is 0.432. The zero-order chi connectivity index (χ0) is 7.14. The average Bonchev–Trinajstić information content (AvgIpc) is 2.44. The third-order valence-electron chi connectivity index (χ3n) is 3.44. The number of hydrogen-bond donors (Lipinski definition) is 0. The highest BCUT2D eigenvalue weighted by molar-refractivity contribution is 5.55. The molecule has 0 aromatic heterocycles.